The molecule has 0 saturated carbocycles. The van der Waals surface area contributed by atoms with Gasteiger partial charge in [0.1, 0.15) is 0 Å². The summed E-state index contributed by atoms with van der Waals surface area (Å²) in [6, 6.07) is 27.5. The van der Waals surface area contributed by atoms with Crippen LogP contribution in [0.4, 0.5) is 0 Å². The van der Waals surface area contributed by atoms with Crippen LogP contribution < -0.4 is 5.32 Å². The van der Waals surface area contributed by atoms with Crippen molar-refractivity contribution in [1.29, 1.82) is 0 Å². The van der Waals surface area contributed by atoms with Crippen LogP contribution in [0.2, 0.25) is 0 Å². The van der Waals surface area contributed by atoms with E-state index in [1.54, 1.807) is 0 Å². The molecular formula is C27H31N. The number of aryl methyl sites for hydroxylation is 1. The third kappa shape index (κ3) is 6.28. The highest BCUT2D eigenvalue weighted by Gasteiger charge is 2.05. The molecule has 0 atom stereocenters. The van der Waals surface area contributed by atoms with E-state index >= 15 is 0 Å². The van der Waals surface area contributed by atoms with Crippen molar-refractivity contribution >= 4 is 5.70 Å². The van der Waals surface area contributed by atoms with E-state index in [-0.39, 0.29) is 0 Å². The second kappa shape index (κ2) is 10.9. The zero-order chi connectivity index (χ0) is 20.4. The van der Waals surface area contributed by atoms with Crippen LogP contribution in [-0.4, -0.2) is 0 Å². The molecule has 0 amide bonds. The molecule has 3 aromatic rings. The van der Waals surface area contributed by atoms with Crippen LogP contribution in [0.25, 0.3) is 5.70 Å². The maximum Gasteiger partial charge on any atom is 0.0385 e. The van der Waals surface area contributed by atoms with Crippen LogP contribution in [0.1, 0.15) is 41.7 Å². The monoisotopic (exact) mass is 369 g/mol. The Hall–Kier alpha value is -3.06. The molecule has 0 heterocycles. The van der Waals surface area contributed by atoms with Crippen LogP contribution in [0.5, 0.6) is 0 Å². The van der Waals surface area contributed by atoms with Crippen LogP contribution in [0.3, 0.4) is 0 Å². The standard InChI is InChI=1S/C25H25N.C2H6/c1-19-10-7-8-15-25(19)21(3)26-20(2)16-23-13-9-14-24(18-23)17-22-11-5-4-6-12-22;1-2/h4-15,18,26H,2-3,16-17H2,1H3;1-2H3. The lowest BCUT2D eigenvalue weighted by Gasteiger charge is -2.15. The first-order valence-corrected chi connectivity index (χ1v) is 9.93. The second-order valence-electron chi connectivity index (χ2n) is 6.68. The van der Waals surface area contributed by atoms with Crippen molar-refractivity contribution in [3.8, 4) is 0 Å². The summed E-state index contributed by atoms with van der Waals surface area (Å²) >= 11 is 0. The normalized spacial score (nSPS) is 9.82. The van der Waals surface area contributed by atoms with E-state index in [9.17, 15) is 0 Å². The molecule has 28 heavy (non-hydrogen) atoms. The van der Waals surface area contributed by atoms with Crippen LogP contribution >= 0.6 is 0 Å². The summed E-state index contributed by atoms with van der Waals surface area (Å²) in [5, 5.41) is 3.37. The van der Waals surface area contributed by atoms with E-state index in [0.29, 0.717) is 0 Å². The molecule has 0 aliphatic carbocycles. The van der Waals surface area contributed by atoms with Crippen LogP contribution in [0, 0.1) is 6.92 Å². The molecule has 0 bridgehead atoms. The van der Waals surface area contributed by atoms with E-state index < -0.39 is 0 Å². The van der Waals surface area contributed by atoms with E-state index in [1.807, 2.05) is 26.0 Å². The highest BCUT2D eigenvalue weighted by Crippen LogP contribution is 2.17. The first-order chi connectivity index (χ1) is 13.6. The van der Waals surface area contributed by atoms with Crippen LogP contribution in [-0.2, 0) is 12.8 Å². The third-order valence-corrected chi connectivity index (χ3v) is 4.46. The summed E-state index contributed by atoms with van der Waals surface area (Å²) in [7, 11) is 0. The maximum absolute atomic E-state index is 4.19. The Labute approximate surface area is 170 Å². The topological polar surface area (TPSA) is 12.0 Å². The minimum Gasteiger partial charge on any atom is -0.359 e. The molecule has 0 unspecified atom stereocenters. The molecule has 3 aromatic carbocycles. The largest absolute Gasteiger partial charge is 0.359 e. The van der Waals surface area contributed by atoms with Gasteiger partial charge in [0.2, 0.25) is 0 Å². The summed E-state index contributed by atoms with van der Waals surface area (Å²) in [5.41, 5.74) is 8.10. The molecule has 0 spiro atoms. The summed E-state index contributed by atoms with van der Waals surface area (Å²) in [6.45, 7) is 14.5. The van der Waals surface area contributed by atoms with Crippen molar-refractivity contribution in [2.24, 2.45) is 0 Å². The van der Waals surface area contributed by atoms with Gasteiger partial charge in [-0.2, -0.15) is 0 Å². The van der Waals surface area contributed by atoms with Gasteiger partial charge in [-0.25, -0.2) is 0 Å². The lowest BCUT2D eigenvalue weighted by atomic mass is 10.0. The number of nitrogens with one attached hydrogen (secondary N) is 1. The predicted octanol–water partition coefficient (Wildman–Crippen LogP) is 6.93. The molecule has 0 radical (unpaired) electrons. The van der Waals surface area contributed by atoms with Crippen molar-refractivity contribution in [2.75, 3.05) is 0 Å². The van der Waals surface area contributed by atoms with Gasteiger partial charge in [0, 0.05) is 23.4 Å². The fourth-order valence-corrected chi connectivity index (χ4v) is 3.16. The first-order valence-electron chi connectivity index (χ1n) is 9.93. The van der Waals surface area contributed by atoms with Gasteiger partial charge in [-0.1, -0.05) is 106 Å². The first kappa shape index (κ1) is 21.2. The Morgan fingerprint density at radius 3 is 2.07 bits per heavy atom. The summed E-state index contributed by atoms with van der Waals surface area (Å²) in [5.74, 6) is 0. The fourth-order valence-electron chi connectivity index (χ4n) is 3.16. The van der Waals surface area contributed by atoms with Gasteiger partial charge in [0.25, 0.3) is 0 Å². The zero-order valence-electron chi connectivity index (χ0n) is 17.3. The van der Waals surface area contributed by atoms with Crippen molar-refractivity contribution in [2.45, 2.75) is 33.6 Å². The smallest absolute Gasteiger partial charge is 0.0385 e. The van der Waals surface area contributed by atoms with Gasteiger partial charge in [-0.05, 0) is 35.6 Å². The van der Waals surface area contributed by atoms with Crippen molar-refractivity contribution in [1.82, 2.24) is 5.32 Å². The molecule has 0 aliphatic heterocycles. The third-order valence-electron chi connectivity index (χ3n) is 4.46. The Bertz CT molecular complexity index is 906. The van der Waals surface area contributed by atoms with Gasteiger partial charge < -0.3 is 5.32 Å². The number of allylic oxidation sites excluding steroid dienone is 1. The van der Waals surface area contributed by atoms with Crippen molar-refractivity contribution < 1.29 is 0 Å². The highest BCUT2D eigenvalue weighted by molar-refractivity contribution is 5.65. The Balaban J connectivity index is 0.00000136. The molecule has 0 aromatic heterocycles. The maximum atomic E-state index is 4.19. The van der Waals surface area contributed by atoms with Crippen molar-refractivity contribution in [3.63, 3.8) is 0 Å². The molecule has 0 aliphatic rings. The number of hydrogen-bond donors (Lipinski definition) is 1. The molecule has 1 nitrogen and oxygen atoms in total. The molecule has 3 rings (SSSR count). The zero-order valence-corrected chi connectivity index (χ0v) is 17.3. The van der Waals surface area contributed by atoms with E-state index in [4.69, 9.17) is 0 Å². The molecule has 0 saturated heterocycles. The van der Waals surface area contributed by atoms with Gasteiger partial charge in [0.15, 0.2) is 0 Å². The summed E-state index contributed by atoms with van der Waals surface area (Å²) in [6.07, 6.45) is 1.73. The van der Waals surface area contributed by atoms with E-state index in [0.717, 1.165) is 29.8 Å². The Morgan fingerprint density at radius 1 is 0.750 bits per heavy atom. The molecule has 0 fully saturated rings. The van der Waals surface area contributed by atoms with Gasteiger partial charge in [-0.15, -0.1) is 0 Å². The van der Waals surface area contributed by atoms with Crippen LogP contribution in [0.15, 0.2) is 97.7 Å². The average molecular weight is 370 g/mol. The fraction of sp³-hybridized carbons (Fsp3) is 0.185. The quantitative estimate of drug-likeness (QED) is 0.476. The number of hydrogen-bond acceptors (Lipinski definition) is 1. The molecule has 1 heteroatoms. The molecule has 1 N–H and O–H groups in total. The Kier molecular flexibility index (Phi) is 8.30. The summed E-state index contributed by atoms with van der Waals surface area (Å²) in [4.78, 5) is 0. The lowest BCUT2D eigenvalue weighted by molar-refractivity contribution is 0.990. The minimum atomic E-state index is 0.785. The second-order valence-corrected chi connectivity index (χ2v) is 6.68. The molecule has 144 valence electrons. The van der Waals surface area contributed by atoms with Gasteiger partial charge >= 0.3 is 0 Å². The van der Waals surface area contributed by atoms with E-state index in [1.165, 1.54) is 22.3 Å². The number of benzene rings is 3. The van der Waals surface area contributed by atoms with E-state index in [2.05, 4.69) is 92.1 Å². The number of rotatable bonds is 7. The summed E-state index contributed by atoms with van der Waals surface area (Å²) < 4.78 is 0. The molecular weight excluding hydrogens is 338 g/mol. The van der Waals surface area contributed by atoms with Gasteiger partial charge in [-0.3, -0.25) is 0 Å². The average Bonchev–Trinajstić information content (AvgIpc) is 2.71. The van der Waals surface area contributed by atoms with Gasteiger partial charge in [0.05, 0.1) is 0 Å². The van der Waals surface area contributed by atoms with Crippen molar-refractivity contribution in [3.05, 3.63) is 126 Å². The Morgan fingerprint density at radius 2 is 1.36 bits per heavy atom. The highest BCUT2D eigenvalue weighted by atomic mass is 14.9. The minimum absolute atomic E-state index is 0.785. The SMILES string of the molecule is C=C(Cc1cccc(Cc2ccccc2)c1)NC(=C)c1ccccc1C.CC. The predicted molar refractivity (Wildman–Crippen MR) is 123 cm³/mol. The lowest BCUT2D eigenvalue weighted by Crippen LogP contribution is -2.12.